The number of benzene rings is 1. The Morgan fingerprint density at radius 2 is 1.59 bits per heavy atom. The van der Waals surface area contributed by atoms with Gasteiger partial charge in [-0.3, -0.25) is 19.3 Å². The number of nitrogens with zero attached hydrogens (tertiary/aromatic N) is 1. The monoisotopic (exact) mass is 368 g/mol. The van der Waals surface area contributed by atoms with Crippen LogP contribution in [0, 0.1) is 32.6 Å². The average Bonchev–Trinajstić information content (AvgIpc) is 2.87. The van der Waals surface area contributed by atoms with Crippen molar-refractivity contribution in [2.45, 2.75) is 53.0 Å². The Hall–Kier alpha value is -2.43. The highest BCUT2D eigenvalue weighted by molar-refractivity contribution is 6.05. The van der Waals surface area contributed by atoms with Crippen molar-refractivity contribution < 1.29 is 14.4 Å². The molecule has 0 unspecified atom stereocenters. The summed E-state index contributed by atoms with van der Waals surface area (Å²) in [5.41, 5.74) is 4.67. The van der Waals surface area contributed by atoms with Crippen LogP contribution < -0.4 is 5.32 Å². The van der Waals surface area contributed by atoms with E-state index in [1.54, 1.807) is 0 Å². The molecule has 5 nitrogen and oxygen atoms in total. The molecule has 1 aromatic rings. The number of fused-ring (bicyclic) bond motifs is 1. The van der Waals surface area contributed by atoms with Gasteiger partial charge in [-0.25, -0.2) is 0 Å². The van der Waals surface area contributed by atoms with Gasteiger partial charge in [-0.05, 0) is 62.8 Å². The SMILES string of the molecule is Cc1cc(C)c([C@H](C)NC(=O)CCN2C(=O)[C@H]3CC=CC[C@H]3C2=O)cc1C. The predicted molar refractivity (Wildman–Crippen MR) is 104 cm³/mol. The molecule has 1 aliphatic carbocycles. The lowest BCUT2D eigenvalue weighted by molar-refractivity contribution is -0.140. The van der Waals surface area contributed by atoms with Crippen LogP contribution in [0.2, 0.25) is 0 Å². The molecular weight excluding hydrogens is 340 g/mol. The summed E-state index contributed by atoms with van der Waals surface area (Å²) < 4.78 is 0. The second-order valence-electron chi connectivity index (χ2n) is 7.82. The Balaban J connectivity index is 1.58. The highest BCUT2D eigenvalue weighted by atomic mass is 16.2. The summed E-state index contributed by atoms with van der Waals surface area (Å²) in [5, 5.41) is 3.00. The molecule has 5 heteroatoms. The smallest absolute Gasteiger partial charge is 0.233 e. The molecular formula is C22H28N2O3. The molecule has 1 saturated heterocycles. The summed E-state index contributed by atoms with van der Waals surface area (Å²) in [7, 11) is 0. The van der Waals surface area contributed by atoms with Crippen molar-refractivity contribution >= 4 is 17.7 Å². The van der Waals surface area contributed by atoms with Crippen LogP contribution in [0.25, 0.3) is 0 Å². The summed E-state index contributed by atoms with van der Waals surface area (Å²) in [6.07, 6.45) is 5.33. The fourth-order valence-electron chi connectivity index (χ4n) is 4.14. The summed E-state index contributed by atoms with van der Waals surface area (Å²) in [4.78, 5) is 38.6. The number of hydrogen-bond donors (Lipinski definition) is 1. The third kappa shape index (κ3) is 3.82. The topological polar surface area (TPSA) is 66.5 Å². The van der Waals surface area contributed by atoms with E-state index >= 15 is 0 Å². The van der Waals surface area contributed by atoms with Gasteiger partial charge in [0.2, 0.25) is 17.7 Å². The van der Waals surface area contributed by atoms with E-state index in [1.165, 1.54) is 16.0 Å². The normalized spacial score (nSPS) is 22.7. The fraction of sp³-hybridized carbons (Fsp3) is 0.500. The number of carbonyl (C=O) groups is 3. The molecule has 0 radical (unpaired) electrons. The van der Waals surface area contributed by atoms with Crippen molar-refractivity contribution in [3.63, 3.8) is 0 Å². The molecule has 0 saturated carbocycles. The highest BCUT2D eigenvalue weighted by Crippen LogP contribution is 2.35. The minimum absolute atomic E-state index is 0.117. The number of amides is 3. The van der Waals surface area contributed by atoms with E-state index in [-0.39, 0.29) is 48.6 Å². The second-order valence-corrected chi connectivity index (χ2v) is 7.82. The highest BCUT2D eigenvalue weighted by Gasteiger charge is 2.46. The molecule has 1 aromatic carbocycles. The molecule has 1 N–H and O–H groups in total. The van der Waals surface area contributed by atoms with Crippen LogP contribution in [0.15, 0.2) is 24.3 Å². The van der Waals surface area contributed by atoms with Crippen LogP contribution in [-0.4, -0.2) is 29.2 Å². The molecule has 144 valence electrons. The van der Waals surface area contributed by atoms with E-state index < -0.39 is 0 Å². The van der Waals surface area contributed by atoms with Gasteiger partial charge >= 0.3 is 0 Å². The number of carbonyl (C=O) groups excluding carboxylic acids is 3. The maximum absolute atomic E-state index is 12.5. The standard InChI is InChI=1S/C22H28N2O3/c1-13-11-15(3)19(12-14(13)2)16(4)23-20(25)9-10-24-21(26)17-7-5-6-8-18(17)22(24)27/h5-6,11-12,16-18H,7-10H2,1-4H3,(H,23,25)/t16-,17-,18+/m0/s1. The molecule has 0 aromatic heterocycles. The average molecular weight is 368 g/mol. The van der Waals surface area contributed by atoms with E-state index in [9.17, 15) is 14.4 Å². The van der Waals surface area contributed by atoms with Crippen molar-refractivity contribution in [1.29, 1.82) is 0 Å². The van der Waals surface area contributed by atoms with Gasteiger partial charge in [-0.2, -0.15) is 0 Å². The Kier molecular flexibility index (Phi) is 5.49. The van der Waals surface area contributed by atoms with E-state index in [0.717, 1.165) is 11.1 Å². The first-order chi connectivity index (χ1) is 12.8. The van der Waals surface area contributed by atoms with Crippen LogP contribution in [0.4, 0.5) is 0 Å². The van der Waals surface area contributed by atoms with Crippen LogP contribution in [-0.2, 0) is 14.4 Å². The van der Waals surface area contributed by atoms with Crippen molar-refractivity contribution in [1.82, 2.24) is 10.2 Å². The van der Waals surface area contributed by atoms with E-state index in [2.05, 4.69) is 31.3 Å². The Bertz CT molecular complexity index is 786. The summed E-state index contributed by atoms with van der Waals surface area (Å²) in [5.74, 6) is -0.862. The number of aryl methyl sites for hydroxylation is 3. The van der Waals surface area contributed by atoms with Crippen molar-refractivity contribution in [2.24, 2.45) is 11.8 Å². The third-order valence-corrected chi connectivity index (χ3v) is 5.89. The van der Waals surface area contributed by atoms with Crippen LogP contribution >= 0.6 is 0 Å². The number of imide groups is 1. The Morgan fingerprint density at radius 3 is 2.19 bits per heavy atom. The zero-order chi connectivity index (χ0) is 19.7. The predicted octanol–water partition coefficient (Wildman–Crippen LogP) is 3.13. The number of hydrogen-bond acceptors (Lipinski definition) is 3. The van der Waals surface area contributed by atoms with Crippen LogP contribution in [0.5, 0.6) is 0 Å². The van der Waals surface area contributed by atoms with Gasteiger partial charge < -0.3 is 5.32 Å². The van der Waals surface area contributed by atoms with E-state index in [1.807, 2.05) is 26.0 Å². The van der Waals surface area contributed by atoms with Gasteiger partial charge in [0, 0.05) is 13.0 Å². The number of nitrogens with one attached hydrogen (secondary N) is 1. The van der Waals surface area contributed by atoms with Crippen LogP contribution in [0.3, 0.4) is 0 Å². The summed E-state index contributed by atoms with van der Waals surface area (Å²) >= 11 is 0. The molecule has 27 heavy (non-hydrogen) atoms. The lowest BCUT2D eigenvalue weighted by atomic mass is 9.85. The number of rotatable bonds is 5. The zero-order valence-corrected chi connectivity index (χ0v) is 16.5. The molecule has 3 atom stereocenters. The van der Waals surface area contributed by atoms with Gasteiger partial charge in [0.05, 0.1) is 17.9 Å². The third-order valence-electron chi connectivity index (χ3n) is 5.89. The van der Waals surface area contributed by atoms with Crippen molar-refractivity contribution in [2.75, 3.05) is 6.54 Å². The minimum Gasteiger partial charge on any atom is -0.350 e. The lowest BCUT2D eigenvalue weighted by Crippen LogP contribution is -2.36. The van der Waals surface area contributed by atoms with Gasteiger partial charge in [-0.15, -0.1) is 0 Å². The van der Waals surface area contributed by atoms with Crippen LogP contribution in [0.1, 0.15) is 54.5 Å². The summed E-state index contributed by atoms with van der Waals surface area (Å²) in [6.45, 7) is 8.30. The lowest BCUT2D eigenvalue weighted by Gasteiger charge is -2.19. The van der Waals surface area contributed by atoms with Crippen molar-refractivity contribution in [3.8, 4) is 0 Å². The molecule has 1 heterocycles. The largest absolute Gasteiger partial charge is 0.350 e. The number of allylic oxidation sites excluding steroid dienone is 2. The van der Waals surface area contributed by atoms with Crippen molar-refractivity contribution in [3.05, 3.63) is 46.5 Å². The quantitative estimate of drug-likeness (QED) is 0.641. The van der Waals surface area contributed by atoms with Gasteiger partial charge in [0.1, 0.15) is 0 Å². The minimum atomic E-state index is -0.234. The molecule has 0 bridgehead atoms. The molecule has 3 amide bonds. The summed E-state index contributed by atoms with van der Waals surface area (Å²) in [6, 6.07) is 4.12. The van der Waals surface area contributed by atoms with Gasteiger partial charge in [0.25, 0.3) is 0 Å². The first-order valence-electron chi connectivity index (χ1n) is 9.67. The molecule has 2 aliphatic rings. The second kappa shape index (κ2) is 7.67. The Labute approximate surface area is 160 Å². The maximum Gasteiger partial charge on any atom is 0.233 e. The first kappa shape index (κ1) is 19.3. The van der Waals surface area contributed by atoms with E-state index in [4.69, 9.17) is 0 Å². The molecule has 1 fully saturated rings. The first-order valence-corrected chi connectivity index (χ1v) is 9.67. The molecule has 1 aliphatic heterocycles. The van der Waals surface area contributed by atoms with Gasteiger partial charge in [0.15, 0.2) is 0 Å². The zero-order valence-electron chi connectivity index (χ0n) is 16.5. The number of likely N-dealkylation sites (tertiary alicyclic amines) is 1. The van der Waals surface area contributed by atoms with E-state index in [0.29, 0.717) is 12.8 Å². The molecule has 0 spiro atoms. The fourth-order valence-corrected chi connectivity index (χ4v) is 4.14. The molecule has 3 rings (SSSR count). The Morgan fingerprint density at radius 1 is 1.04 bits per heavy atom. The van der Waals surface area contributed by atoms with Gasteiger partial charge in [-0.1, -0.05) is 24.3 Å². The maximum atomic E-state index is 12.5.